The highest BCUT2D eigenvalue weighted by molar-refractivity contribution is 5.36. The number of hydrogen-bond donors (Lipinski definition) is 2. The summed E-state index contributed by atoms with van der Waals surface area (Å²) in [6.45, 7) is 2.27. The van der Waals surface area contributed by atoms with Gasteiger partial charge in [-0.05, 0) is 30.5 Å². The number of unbranched alkanes of at least 4 members (excludes halogenated alkanes) is 11. The molecule has 0 bridgehead atoms. The first-order chi connectivity index (χ1) is 10.7. The summed E-state index contributed by atoms with van der Waals surface area (Å²) < 4.78 is 0. The molecule has 0 saturated carbocycles. The molecule has 126 valence electrons. The Morgan fingerprint density at radius 3 is 1.45 bits per heavy atom. The lowest BCUT2D eigenvalue weighted by atomic mass is 10.0. The predicted molar refractivity (Wildman–Crippen MR) is 94.6 cm³/mol. The third-order valence-electron chi connectivity index (χ3n) is 4.28. The first-order valence-electron chi connectivity index (χ1n) is 9.24. The topological polar surface area (TPSA) is 40.5 Å². The Balaban J connectivity index is 1.89. The van der Waals surface area contributed by atoms with E-state index in [1.54, 1.807) is 12.1 Å². The van der Waals surface area contributed by atoms with Gasteiger partial charge in [0.05, 0.1) is 0 Å². The Hall–Kier alpha value is -1.18. The van der Waals surface area contributed by atoms with E-state index in [2.05, 4.69) is 6.92 Å². The van der Waals surface area contributed by atoms with E-state index in [9.17, 15) is 10.2 Å². The van der Waals surface area contributed by atoms with Gasteiger partial charge in [-0.15, -0.1) is 0 Å². The summed E-state index contributed by atoms with van der Waals surface area (Å²) >= 11 is 0. The third kappa shape index (κ3) is 9.70. The number of hydrogen-bond acceptors (Lipinski definition) is 2. The van der Waals surface area contributed by atoms with Crippen molar-refractivity contribution in [3.63, 3.8) is 0 Å². The zero-order valence-electron chi connectivity index (χ0n) is 14.3. The van der Waals surface area contributed by atoms with Crippen LogP contribution in [-0.4, -0.2) is 10.2 Å². The fraction of sp³-hybridized carbons (Fsp3) is 0.700. The largest absolute Gasteiger partial charge is 0.508 e. The average molecular weight is 306 g/mol. The SMILES string of the molecule is CCCCCCCCCCCCCCc1cc(O)cc(O)c1. The number of benzene rings is 1. The van der Waals surface area contributed by atoms with Crippen molar-refractivity contribution < 1.29 is 10.2 Å². The van der Waals surface area contributed by atoms with Gasteiger partial charge in [0.25, 0.3) is 0 Å². The van der Waals surface area contributed by atoms with Crippen molar-refractivity contribution in [2.75, 3.05) is 0 Å². The Morgan fingerprint density at radius 2 is 1.00 bits per heavy atom. The molecule has 0 unspecified atom stereocenters. The van der Waals surface area contributed by atoms with Crippen LogP contribution >= 0.6 is 0 Å². The fourth-order valence-electron chi connectivity index (χ4n) is 2.97. The molecule has 0 radical (unpaired) electrons. The predicted octanol–water partition coefficient (Wildman–Crippen LogP) is 6.34. The van der Waals surface area contributed by atoms with Gasteiger partial charge in [0.15, 0.2) is 0 Å². The van der Waals surface area contributed by atoms with Gasteiger partial charge in [-0.3, -0.25) is 0 Å². The lowest BCUT2D eigenvalue weighted by Crippen LogP contribution is -1.87. The van der Waals surface area contributed by atoms with Crippen LogP contribution in [0.2, 0.25) is 0 Å². The van der Waals surface area contributed by atoms with Gasteiger partial charge in [-0.1, -0.05) is 77.6 Å². The smallest absolute Gasteiger partial charge is 0.119 e. The summed E-state index contributed by atoms with van der Waals surface area (Å²) in [7, 11) is 0. The van der Waals surface area contributed by atoms with Crippen LogP contribution in [0.4, 0.5) is 0 Å². The first-order valence-corrected chi connectivity index (χ1v) is 9.24. The number of rotatable bonds is 13. The van der Waals surface area contributed by atoms with Crippen LogP contribution in [0, 0.1) is 0 Å². The average Bonchev–Trinajstić information content (AvgIpc) is 2.47. The molecular formula is C20H34O2. The molecule has 0 heterocycles. The molecule has 1 aromatic rings. The fourth-order valence-corrected chi connectivity index (χ4v) is 2.97. The molecule has 0 saturated heterocycles. The lowest BCUT2D eigenvalue weighted by molar-refractivity contribution is 0.449. The van der Waals surface area contributed by atoms with Gasteiger partial charge in [0, 0.05) is 6.07 Å². The normalized spacial score (nSPS) is 11.0. The minimum atomic E-state index is 0.161. The molecule has 0 aliphatic carbocycles. The molecule has 0 aromatic heterocycles. The van der Waals surface area contributed by atoms with Crippen molar-refractivity contribution in [3.8, 4) is 11.5 Å². The van der Waals surface area contributed by atoms with Crippen LogP contribution in [0.15, 0.2) is 18.2 Å². The molecule has 0 atom stereocenters. The Bertz CT molecular complexity index is 367. The van der Waals surface area contributed by atoms with Gasteiger partial charge < -0.3 is 10.2 Å². The van der Waals surface area contributed by atoms with Crippen LogP contribution in [0.3, 0.4) is 0 Å². The molecule has 1 rings (SSSR count). The minimum Gasteiger partial charge on any atom is -0.508 e. The van der Waals surface area contributed by atoms with Crippen LogP contribution in [-0.2, 0) is 6.42 Å². The Kier molecular flexibility index (Phi) is 10.6. The van der Waals surface area contributed by atoms with Gasteiger partial charge in [0.1, 0.15) is 11.5 Å². The van der Waals surface area contributed by atoms with Gasteiger partial charge in [-0.25, -0.2) is 0 Å². The van der Waals surface area contributed by atoms with Crippen molar-refractivity contribution in [2.45, 2.75) is 90.4 Å². The van der Waals surface area contributed by atoms with Crippen LogP contribution in [0.1, 0.15) is 89.5 Å². The van der Waals surface area contributed by atoms with Crippen LogP contribution in [0.5, 0.6) is 11.5 Å². The molecule has 1 aromatic carbocycles. The second-order valence-electron chi connectivity index (χ2n) is 6.50. The highest BCUT2D eigenvalue weighted by Gasteiger charge is 1.99. The van der Waals surface area contributed by atoms with Crippen molar-refractivity contribution in [1.82, 2.24) is 0 Å². The summed E-state index contributed by atoms with van der Waals surface area (Å²) in [4.78, 5) is 0. The molecule has 0 aliphatic rings. The van der Waals surface area contributed by atoms with Crippen LogP contribution < -0.4 is 0 Å². The summed E-state index contributed by atoms with van der Waals surface area (Å²) in [5.41, 5.74) is 1.03. The minimum absolute atomic E-state index is 0.161. The summed E-state index contributed by atoms with van der Waals surface area (Å²) in [6, 6.07) is 4.88. The first kappa shape index (κ1) is 18.9. The summed E-state index contributed by atoms with van der Waals surface area (Å²) in [6.07, 6.45) is 17.2. The number of phenols is 2. The second kappa shape index (κ2) is 12.4. The molecule has 0 fully saturated rings. The van der Waals surface area contributed by atoms with Gasteiger partial charge in [-0.2, -0.15) is 0 Å². The third-order valence-corrected chi connectivity index (χ3v) is 4.28. The van der Waals surface area contributed by atoms with E-state index in [-0.39, 0.29) is 11.5 Å². The van der Waals surface area contributed by atoms with Gasteiger partial charge in [0.2, 0.25) is 0 Å². The number of phenolic OH excluding ortho intramolecular Hbond substituents is 2. The highest BCUT2D eigenvalue weighted by atomic mass is 16.3. The van der Waals surface area contributed by atoms with E-state index in [0.717, 1.165) is 18.4 Å². The molecule has 2 N–H and O–H groups in total. The Morgan fingerprint density at radius 1 is 0.591 bits per heavy atom. The van der Waals surface area contributed by atoms with Gasteiger partial charge >= 0.3 is 0 Å². The summed E-state index contributed by atoms with van der Waals surface area (Å²) in [5, 5.41) is 18.9. The zero-order valence-corrected chi connectivity index (χ0v) is 14.3. The van der Waals surface area contributed by atoms with E-state index in [1.165, 1.54) is 76.7 Å². The maximum atomic E-state index is 9.43. The monoisotopic (exact) mass is 306 g/mol. The van der Waals surface area contributed by atoms with E-state index >= 15 is 0 Å². The van der Waals surface area contributed by atoms with Crippen LogP contribution in [0.25, 0.3) is 0 Å². The standard InChI is InChI=1S/C20H34O2/c1-2-3-4-5-6-7-8-9-10-11-12-13-14-18-15-19(21)17-20(22)16-18/h15-17,21-22H,2-14H2,1H3. The molecule has 0 amide bonds. The molecule has 0 aliphatic heterocycles. The number of aromatic hydroxyl groups is 2. The van der Waals surface area contributed by atoms with Crippen molar-refractivity contribution in [1.29, 1.82) is 0 Å². The van der Waals surface area contributed by atoms with Crippen molar-refractivity contribution >= 4 is 0 Å². The highest BCUT2D eigenvalue weighted by Crippen LogP contribution is 2.22. The van der Waals surface area contributed by atoms with E-state index < -0.39 is 0 Å². The van der Waals surface area contributed by atoms with E-state index in [1.807, 2.05) is 0 Å². The van der Waals surface area contributed by atoms with Crippen molar-refractivity contribution in [2.24, 2.45) is 0 Å². The van der Waals surface area contributed by atoms with E-state index in [4.69, 9.17) is 0 Å². The zero-order chi connectivity index (χ0) is 16.0. The molecular weight excluding hydrogens is 272 g/mol. The molecule has 2 nitrogen and oxygen atoms in total. The maximum Gasteiger partial charge on any atom is 0.119 e. The molecule has 2 heteroatoms. The Labute approximate surface area is 136 Å². The quantitative estimate of drug-likeness (QED) is 0.417. The van der Waals surface area contributed by atoms with E-state index in [0.29, 0.717) is 0 Å². The van der Waals surface area contributed by atoms with Crippen molar-refractivity contribution in [3.05, 3.63) is 23.8 Å². The maximum absolute atomic E-state index is 9.43. The summed E-state index contributed by atoms with van der Waals surface area (Å²) in [5.74, 6) is 0.322. The second-order valence-corrected chi connectivity index (χ2v) is 6.50. The molecule has 22 heavy (non-hydrogen) atoms. The molecule has 0 spiro atoms. The lowest BCUT2D eigenvalue weighted by Gasteiger charge is -2.04. The number of aryl methyl sites for hydroxylation is 1.